The van der Waals surface area contributed by atoms with Crippen LogP contribution in [0.3, 0.4) is 0 Å². The first kappa shape index (κ1) is 20.5. The monoisotopic (exact) mass is 337 g/mol. The number of quaternary nitrogens is 1. The Bertz CT molecular complexity index is 518. The molecular formula is C19H33N2O3+. The van der Waals surface area contributed by atoms with Crippen LogP contribution in [0.1, 0.15) is 48.0 Å². The third kappa shape index (κ3) is 8.89. The summed E-state index contributed by atoms with van der Waals surface area (Å²) in [5.41, 5.74) is 1.07. The topological polar surface area (TPSA) is 75.2 Å². The van der Waals surface area contributed by atoms with E-state index in [9.17, 15) is 9.90 Å². The van der Waals surface area contributed by atoms with E-state index in [2.05, 4.69) is 45.3 Å². The molecule has 5 heteroatoms. The summed E-state index contributed by atoms with van der Waals surface area (Å²) in [4.78, 5) is 11.0. The normalized spacial score (nSPS) is 13.5. The highest BCUT2D eigenvalue weighted by Gasteiger charge is 2.29. The number of hydrogen-bond donors (Lipinski definition) is 3. The summed E-state index contributed by atoms with van der Waals surface area (Å²) >= 11 is 0. The number of carbonyl (C=O) groups is 1. The smallest absolute Gasteiger partial charge is 0.221 e. The first-order valence-electron chi connectivity index (χ1n) is 8.50. The lowest BCUT2D eigenvalue weighted by Gasteiger charge is -2.31. The first-order valence-corrected chi connectivity index (χ1v) is 8.50. The zero-order valence-electron chi connectivity index (χ0n) is 15.8. The summed E-state index contributed by atoms with van der Waals surface area (Å²) in [7, 11) is 0. The second-order valence-electron chi connectivity index (χ2n) is 8.34. The third-order valence-corrected chi connectivity index (χ3v) is 3.55. The molecule has 1 aromatic carbocycles. The number of nitrogens with one attached hydrogen (secondary N) is 1. The van der Waals surface area contributed by atoms with Crippen molar-refractivity contribution < 1.29 is 20.0 Å². The highest BCUT2D eigenvalue weighted by molar-refractivity contribution is 5.88. The van der Waals surface area contributed by atoms with Crippen molar-refractivity contribution in [3.8, 4) is 5.75 Å². The molecule has 1 amide bonds. The van der Waals surface area contributed by atoms with Gasteiger partial charge >= 0.3 is 0 Å². The molecule has 0 aliphatic heterocycles. The lowest BCUT2D eigenvalue weighted by atomic mass is 9.82. The van der Waals surface area contributed by atoms with Gasteiger partial charge in [0.25, 0.3) is 0 Å². The summed E-state index contributed by atoms with van der Waals surface area (Å²) in [5, 5.41) is 15.0. The second-order valence-corrected chi connectivity index (χ2v) is 8.34. The molecule has 0 bridgehead atoms. The van der Waals surface area contributed by atoms with Crippen molar-refractivity contribution >= 4 is 11.6 Å². The van der Waals surface area contributed by atoms with Gasteiger partial charge in [-0.15, -0.1) is 0 Å². The quantitative estimate of drug-likeness (QED) is 0.680. The number of ether oxygens (including phenoxy) is 1. The molecule has 0 saturated heterocycles. The van der Waals surface area contributed by atoms with Gasteiger partial charge in [0.2, 0.25) is 5.91 Å². The Kier molecular flexibility index (Phi) is 7.24. The maximum absolute atomic E-state index is 11.0. The maximum Gasteiger partial charge on any atom is 0.221 e. The summed E-state index contributed by atoms with van der Waals surface area (Å²) in [6, 6.07) is 7.12. The summed E-state index contributed by atoms with van der Waals surface area (Å²) in [5.74, 6) is 0.574. The SMILES string of the molecule is CC(=O)Nc1ccc(OC[C@H](O)C[NH2+]C(C)(C)CC(C)(C)C)cc1. The minimum absolute atomic E-state index is 0.0826. The van der Waals surface area contributed by atoms with Crippen molar-refractivity contribution in [2.45, 2.75) is 59.6 Å². The summed E-state index contributed by atoms with van der Waals surface area (Å²) in [6.07, 6.45) is 0.539. The Balaban J connectivity index is 2.38. The highest BCUT2D eigenvalue weighted by Crippen LogP contribution is 2.24. The standard InChI is InChI=1S/C19H32N2O3/c1-14(22)21-15-7-9-17(10-8-15)24-12-16(23)11-20-19(5,6)13-18(2,3)4/h7-10,16,20,23H,11-13H2,1-6H3,(H,21,22)/p+1/t16-/m1/s1. The molecule has 0 unspecified atom stereocenters. The van der Waals surface area contributed by atoms with E-state index in [4.69, 9.17) is 4.74 Å². The Morgan fingerprint density at radius 2 is 1.79 bits per heavy atom. The molecule has 0 radical (unpaired) electrons. The van der Waals surface area contributed by atoms with E-state index in [-0.39, 0.29) is 23.5 Å². The van der Waals surface area contributed by atoms with Gasteiger partial charge < -0.3 is 20.5 Å². The molecular weight excluding hydrogens is 304 g/mol. The highest BCUT2D eigenvalue weighted by atomic mass is 16.5. The lowest BCUT2D eigenvalue weighted by molar-refractivity contribution is -0.727. The largest absolute Gasteiger partial charge is 0.491 e. The Hall–Kier alpha value is -1.59. The fourth-order valence-corrected chi connectivity index (χ4v) is 2.99. The van der Waals surface area contributed by atoms with Crippen LogP contribution in [0, 0.1) is 5.41 Å². The van der Waals surface area contributed by atoms with Gasteiger partial charge in [-0.2, -0.15) is 0 Å². The van der Waals surface area contributed by atoms with Gasteiger partial charge in [0, 0.05) is 19.0 Å². The average Bonchev–Trinajstić information content (AvgIpc) is 2.41. The molecule has 0 spiro atoms. The summed E-state index contributed by atoms with van der Waals surface area (Å²) < 4.78 is 5.61. The minimum atomic E-state index is -0.528. The van der Waals surface area contributed by atoms with Gasteiger partial charge in [-0.25, -0.2) is 0 Å². The number of benzene rings is 1. The van der Waals surface area contributed by atoms with Gasteiger partial charge in [-0.3, -0.25) is 4.79 Å². The van der Waals surface area contributed by atoms with Gasteiger partial charge in [0.1, 0.15) is 25.0 Å². The Morgan fingerprint density at radius 1 is 1.21 bits per heavy atom. The molecule has 5 nitrogen and oxygen atoms in total. The molecule has 136 valence electrons. The number of aliphatic hydroxyl groups excluding tert-OH is 1. The van der Waals surface area contributed by atoms with Gasteiger partial charge in [0.05, 0.1) is 5.54 Å². The average molecular weight is 337 g/mol. The van der Waals surface area contributed by atoms with Gasteiger partial charge in [-0.1, -0.05) is 20.8 Å². The Morgan fingerprint density at radius 3 is 2.29 bits per heavy atom. The van der Waals surface area contributed by atoms with E-state index in [1.165, 1.54) is 6.92 Å². The molecule has 1 atom stereocenters. The van der Waals surface area contributed by atoms with E-state index < -0.39 is 6.10 Å². The van der Waals surface area contributed by atoms with Crippen LogP contribution in [-0.2, 0) is 4.79 Å². The number of amides is 1. The number of carbonyl (C=O) groups excluding carboxylic acids is 1. The molecule has 24 heavy (non-hydrogen) atoms. The van der Waals surface area contributed by atoms with E-state index >= 15 is 0 Å². The van der Waals surface area contributed by atoms with Gasteiger partial charge in [0.15, 0.2) is 0 Å². The number of anilines is 1. The van der Waals surface area contributed by atoms with Crippen molar-refractivity contribution in [2.75, 3.05) is 18.5 Å². The van der Waals surface area contributed by atoms with Crippen LogP contribution in [-0.4, -0.2) is 35.8 Å². The molecule has 0 aliphatic carbocycles. The lowest BCUT2D eigenvalue weighted by Crippen LogP contribution is -2.97. The van der Waals surface area contributed by atoms with Crippen LogP contribution in [0.4, 0.5) is 5.69 Å². The van der Waals surface area contributed by atoms with Crippen LogP contribution in [0.25, 0.3) is 0 Å². The number of nitrogens with two attached hydrogens (primary N) is 1. The van der Waals surface area contributed by atoms with Crippen LogP contribution in [0.15, 0.2) is 24.3 Å². The Labute approximate surface area is 145 Å². The number of aliphatic hydroxyl groups is 1. The summed E-state index contributed by atoms with van der Waals surface area (Å²) in [6.45, 7) is 13.4. The predicted octanol–water partition coefficient (Wildman–Crippen LogP) is 2.16. The second kappa shape index (κ2) is 8.49. The first-order chi connectivity index (χ1) is 11.0. The molecule has 0 heterocycles. The zero-order valence-corrected chi connectivity index (χ0v) is 15.8. The van der Waals surface area contributed by atoms with Crippen molar-refractivity contribution in [3.05, 3.63) is 24.3 Å². The molecule has 0 aromatic heterocycles. The molecule has 0 saturated carbocycles. The maximum atomic E-state index is 11.0. The zero-order chi connectivity index (χ0) is 18.4. The number of hydrogen-bond acceptors (Lipinski definition) is 3. The molecule has 1 rings (SSSR count). The van der Waals surface area contributed by atoms with Crippen LogP contribution in [0.2, 0.25) is 0 Å². The van der Waals surface area contributed by atoms with Gasteiger partial charge in [-0.05, 0) is 43.5 Å². The fourth-order valence-electron chi connectivity index (χ4n) is 2.99. The predicted molar refractivity (Wildman–Crippen MR) is 97.2 cm³/mol. The molecule has 4 N–H and O–H groups in total. The van der Waals surface area contributed by atoms with E-state index in [0.29, 0.717) is 12.3 Å². The van der Waals surface area contributed by atoms with Crippen LogP contribution < -0.4 is 15.4 Å². The van der Waals surface area contributed by atoms with Crippen molar-refractivity contribution in [3.63, 3.8) is 0 Å². The third-order valence-electron chi connectivity index (χ3n) is 3.55. The minimum Gasteiger partial charge on any atom is -0.491 e. The molecule has 0 fully saturated rings. The fraction of sp³-hybridized carbons (Fsp3) is 0.632. The van der Waals surface area contributed by atoms with Crippen LogP contribution >= 0.6 is 0 Å². The molecule has 1 aromatic rings. The van der Waals surface area contributed by atoms with Crippen molar-refractivity contribution in [1.29, 1.82) is 0 Å². The van der Waals surface area contributed by atoms with Crippen LogP contribution in [0.5, 0.6) is 5.75 Å². The van der Waals surface area contributed by atoms with E-state index in [0.717, 1.165) is 12.1 Å². The number of rotatable bonds is 8. The molecule has 0 aliphatic rings. The van der Waals surface area contributed by atoms with Crippen molar-refractivity contribution in [2.24, 2.45) is 5.41 Å². The van der Waals surface area contributed by atoms with E-state index in [1.54, 1.807) is 24.3 Å². The van der Waals surface area contributed by atoms with Crippen molar-refractivity contribution in [1.82, 2.24) is 0 Å². The van der Waals surface area contributed by atoms with E-state index in [1.807, 2.05) is 0 Å².